The van der Waals surface area contributed by atoms with Gasteiger partial charge in [0.25, 0.3) is 0 Å². The van der Waals surface area contributed by atoms with Gasteiger partial charge < -0.3 is 4.42 Å². The van der Waals surface area contributed by atoms with Gasteiger partial charge in [-0.05, 0) is 26.1 Å². The van der Waals surface area contributed by atoms with E-state index in [1.54, 1.807) is 6.26 Å². The van der Waals surface area contributed by atoms with Crippen LogP contribution in [0.4, 0.5) is 0 Å². The van der Waals surface area contributed by atoms with Crippen molar-refractivity contribution in [3.05, 3.63) is 24.2 Å². The second-order valence-corrected chi connectivity index (χ2v) is 3.49. The van der Waals surface area contributed by atoms with Crippen LogP contribution in [0.25, 0.3) is 0 Å². The molecule has 0 fully saturated rings. The Kier molecular flexibility index (Phi) is 3.89. The SMILES string of the molecule is CCC(=O)C(C)N(C)Cc1ccco1. The smallest absolute Gasteiger partial charge is 0.149 e. The zero-order chi connectivity index (χ0) is 10.6. The number of rotatable bonds is 5. The van der Waals surface area contributed by atoms with Gasteiger partial charge in [0.15, 0.2) is 0 Å². The van der Waals surface area contributed by atoms with E-state index in [9.17, 15) is 4.79 Å². The number of nitrogens with zero attached hydrogens (tertiary/aromatic N) is 1. The van der Waals surface area contributed by atoms with Crippen molar-refractivity contribution in [1.82, 2.24) is 4.90 Å². The lowest BCUT2D eigenvalue weighted by Gasteiger charge is -2.21. The third-order valence-electron chi connectivity index (χ3n) is 2.46. The number of furan rings is 1. The van der Waals surface area contributed by atoms with E-state index in [1.165, 1.54) is 0 Å². The Bertz CT molecular complexity index is 279. The second-order valence-electron chi connectivity index (χ2n) is 3.49. The van der Waals surface area contributed by atoms with Crippen LogP contribution < -0.4 is 0 Å². The molecular formula is C11H17NO2. The number of hydrogen-bond donors (Lipinski definition) is 0. The molecule has 0 aromatic carbocycles. The normalized spacial score (nSPS) is 13.1. The summed E-state index contributed by atoms with van der Waals surface area (Å²) in [6.07, 6.45) is 2.24. The van der Waals surface area contributed by atoms with E-state index in [-0.39, 0.29) is 11.8 Å². The third-order valence-corrected chi connectivity index (χ3v) is 2.46. The molecule has 3 nitrogen and oxygen atoms in total. The predicted molar refractivity (Wildman–Crippen MR) is 54.9 cm³/mol. The highest BCUT2D eigenvalue weighted by molar-refractivity contribution is 5.83. The highest BCUT2D eigenvalue weighted by atomic mass is 16.3. The minimum Gasteiger partial charge on any atom is -0.468 e. The summed E-state index contributed by atoms with van der Waals surface area (Å²) >= 11 is 0. The van der Waals surface area contributed by atoms with Crippen LogP contribution in [0.3, 0.4) is 0 Å². The van der Waals surface area contributed by atoms with Crippen LogP contribution >= 0.6 is 0 Å². The molecule has 1 aromatic rings. The number of likely N-dealkylation sites (N-methyl/N-ethyl adjacent to an activating group) is 1. The number of carbonyl (C=O) groups is 1. The summed E-state index contributed by atoms with van der Waals surface area (Å²) in [4.78, 5) is 13.4. The fourth-order valence-electron chi connectivity index (χ4n) is 1.33. The molecule has 1 heterocycles. The minimum atomic E-state index is -0.0369. The highest BCUT2D eigenvalue weighted by Gasteiger charge is 2.16. The van der Waals surface area contributed by atoms with E-state index in [2.05, 4.69) is 0 Å². The van der Waals surface area contributed by atoms with Gasteiger partial charge in [0.2, 0.25) is 0 Å². The summed E-state index contributed by atoms with van der Waals surface area (Å²) in [5, 5.41) is 0. The highest BCUT2D eigenvalue weighted by Crippen LogP contribution is 2.08. The number of Topliss-reactive ketones (excluding diaryl/α,β-unsaturated/α-hetero) is 1. The number of ketones is 1. The zero-order valence-corrected chi connectivity index (χ0v) is 8.99. The van der Waals surface area contributed by atoms with Crippen LogP contribution in [0.5, 0.6) is 0 Å². The van der Waals surface area contributed by atoms with Gasteiger partial charge in [0, 0.05) is 6.42 Å². The largest absolute Gasteiger partial charge is 0.468 e. The van der Waals surface area contributed by atoms with E-state index >= 15 is 0 Å². The van der Waals surface area contributed by atoms with E-state index < -0.39 is 0 Å². The maximum Gasteiger partial charge on any atom is 0.149 e. The Morgan fingerprint density at radius 3 is 2.86 bits per heavy atom. The average Bonchev–Trinajstić information content (AvgIpc) is 2.68. The van der Waals surface area contributed by atoms with Crippen molar-refractivity contribution in [3.8, 4) is 0 Å². The van der Waals surface area contributed by atoms with Crippen molar-refractivity contribution in [1.29, 1.82) is 0 Å². The van der Waals surface area contributed by atoms with Gasteiger partial charge in [0.1, 0.15) is 11.5 Å². The topological polar surface area (TPSA) is 33.5 Å². The summed E-state index contributed by atoms with van der Waals surface area (Å²) in [7, 11) is 1.93. The van der Waals surface area contributed by atoms with Crippen molar-refractivity contribution >= 4 is 5.78 Å². The average molecular weight is 195 g/mol. The molecule has 1 rings (SSSR count). The van der Waals surface area contributed by atoms with Gasteiger partial charge in [-0.3, -0.25) is 9.69 Å². The fourth-order valence-corrected chi connectivity index (χ4v) is 1.33. The molecule has 0 aliphatic carbocycles. The molecule has 0 N–H and O–H groups in total. The standard InChI is InChI=1S/C11H17NO2/c1-4-11(13)9(2)12(3)8-10-6-5-7-14-10/h5-7,9H,4,8H2,1-3H3. The van der Waals surface area contributed by atoms with Crippen LogP contribution in [-0.4, -0.2) is 23.8 Å². The van der Waals surface area contributed by atoms with Gasteiger partial charge in [-0.25, -0.2) is 0 Å². The van der Waals surface area contributed by atoms with Gasteiger partial charge in [0.05, 0.1) is 18.8 Å². The maximum absolute atomic E-state index is 11.4. The van der Waals surface area contributed by atoms with Crippen LogP contribution in [0.15, 0.2) is 22.8 Å². The Morgan fingerprint density at radius 1 is 1.64 bits per heavy atom. The maximum atomic E-state index is 11.4. The molecule has 0 aliphatic heterocycles. The van der Waals surface area contributed by atoms with Crippen LogP contribution in [0.1, 0.15) is 26.0 Å². The summed E-state index contributed by atoms with van der Waals surface area (Å²) in [6.45, 7) is 4.49. The van der Waals surface area contributed by atoms with E-state index in [4.69, 9.17) is 4.42 Å². The molecule has 1 unspecified atom stereocenters. The fraction of sp³-hybridized carbons (Fsp3) is 0.545. The molecule has 0 amide bonds. The first kappa shape index (κ1) is 11.0. The zero-order valence-electron chi connectivity index (χ0n) is 8.99. The Labute approximate surface area is 84.7 Å². The van der Waals surface area contributed by atoms with E-state index in [0.717, 1.165) is 5.76 Å². The Balaban J connectivity index is 2.49. The quantitative estimate of drug-likeness (QED) is 0.721. The van der Waals surface area contributed by atoms with Crippen molar-refractivity contribution in [2.24, 2.45) is 0 Å². The van der Waals surface area contributed by atoms with E-state index in [1.807, 2.05) is 37.9 Å². The first-order valence-corrected chi connectivity index (χ1v) is 4.90. The molecule has 1 aromatic heterocycles. The summed E-state index contributed by atoms with van der Waals surface area (Å²) < 4.78 is 5.21. The first-order chi connectivity index (χ1) is 6.65. The Hall–Kier alpha value is -1.09. The van der Waals surface area contributed by atoms with Crippen molar-refractivity contribution in [2.75, 3.05) is 7.05 Å². The molecule has 3 heteroatoms. The molecule has 0 saturated heterocycles. The first-order valence-electron chi connectivity index (χ1n) is 4.90. The third kappa shape index (κ3) is 2.70. The van der Waals surface area contributed by atoms with Crippen molar-refractivity contribution < 1.29 is 9.21 Å². The van der Waals surface area contributed by atoms with Gasteiger partial charge in [-0.2, -0.15) is 0 Å². The predicted octanol–water partition coefficient (Wildman–Crippen LogP) is 2.08. The lowest BCUT2D eigenvalue weighted by atomic mass is 10.1. The van der Waals surface area contributed by atoms with Gasteiger partial charge >= 0.3 is 0 Å². The molecule has 0 saturated carbocycles. The van der Waals surface area contributed by atoms with Crippen molar-refractivity contribution in [2.45, 2.75) is 32.9 Å². The second kappa shape index (κ2) is 4.96. The lowest BCUT2D eigenvalue weighted by Crippen LogP contribution is -2.34. The molecule has 14 heavy (non-hydrogen) atoms. The number of carbonyl (C=O) groups excluding carboxylic acids is 1. The van der Waals surface area contributed by atoms with Gasteiger partial charge in [-0.15, -0.1) is 0 Å². The summed E-state index contributed by atoms with van der Waals surface area (Å²) in [5.41, 5.74) is 0. The summed E-state index contributed by atoms with van der Waals surface area (Å²) in [5.74, 6) is 1.15. The molecule has 1 atom stereocenters. The molecular weight excluding hydrogens is 178 g/mol. The van der Waals surface area contributed by atoms with Crippen LogP contribution in [0.2, 0.25) is 0 Å². The lowest BCUT2D eigenvalue weighted by molar-refractivity contribution is -0.123. The van der Waals surface area contributed by atoms with E-state index in [0.29, 0.717) is 13.0 Å². The molecule has 0 bridgehead atoms. The minimum absolute atomic E-state index is 0.0369. The molecule has 78 valence electrons. The monoisotopic (exact) mass is 195 g/mol. The van der Waals surface area contributed by atoms with Crippen LogP contribution in [0, 0.1) is 0 Å². The molecule has 0 radical (unpaired) electrons. The van der Waals surface area contributed by atoms with Crippen LogP contribution in [-0.2, 0) is 11.3 Å². The molecule has 0 aliphatic rings. The molecule has 0 spiro atoms. The van der Waals surface area contributed by atoms with Gasteiger partial charge in [-0.1, -0.05) is 6.92 Å². The summed E-state index contributed by atoms with van der Waals surface area (Å²) in [6, 6.07) is 3.74. The number of hydrogen-bond acceptors (Lipinski definition) is 3. The Morgan fingerprint density at radius 2 is 2.36 bits per heavy atom. The van der Waals surface area contributed by atoms with Crippen molar-refractivity contribution in [3.63, 3.8) is 0 Å².